The molecule has 9 nitrogen and oxygen atoms in total. The highest BCUT2D eigenvalue weighted by Crippen LogP contribution is 2.60. The molecule has 0 atom stereocenters. The zero-order chi connectivity index (χ0) is 31.4. The number of benzene rings is 2. The molecule has 1 spiro atoms. The lowest BCUT2D eigenvalue weighted by Crippen LogP contribution is -2.47. The molecule has 2 aliphatic rings. The number of likely N-dealkylation sites (N-methyl/N-ethyl adjacent to an activating group) is 1. The predicted molar refractivity (Wildman–Crippen MR) is 165 cm³/mol. The molecule has 6 rings (SSSR count). The number of ether oxygens (including phenoxy) is 1. The number of hydrogen-bond acceptors (Lipinski definition) is 7. The average molecular weight is 622 g/mol. The monoisotopic (exact) mass is 621 g/mol. The molecule has 1 amide bonds. The summed E-state index contributed by atoms with van der Waals surface area (Å²) in [4.78, 5) is 24.1. The summed E-state index contributed by atoms with van der Waals surface area (Å²) >= 11 is 0. The van der Waals surface area contributed by atoms with E-state index in [0.29, 0.717) is 41.5 Å². The first-order valence-electron chi connectivity index (χ1n) is 14.4. The van der Waals surface area contributed by atoms with Crippen LogP contribution in [0, 0.1) is 11.6 Å². The molecule has 0 unspecified atom stereocenters. The Kier molecular flexibility index (Phi) is 7.53. The molecule has 2 N–H and O–H groups in total. The van der Waals surface area contributed by atoms with Gasteiger partial charge in [0.2, 0.25) is 21.8 Å². The van der Waals surface area contributed by atoms with Gasteiger partial charge < -0.3 is 15.0 Å². The van der Waals surface area contributed by atoms with Crippen molar-refractivity contribution >= 4 is 38.2 Å². The fraction of sp³-hybridized carbons (Fsp3) is 0.344. The van der Waals surface area contributed by atoms with E-state index in [1.54, 1.807) is 30.3 Å². The second-order valence-electron chi connectivity index (χ2n) is 11.9. The number of nitrogens with zero attached hydrogens (tertiary/aromatic N) is 3. The first-order chi connectivity index (χ1) is 20.9. The minimum absolute atomic E-state index is 0.00533. The molecule has 0 saturated heterocycles. The minimum Gasteiger partial charge on any atom is -0.475 e. The molecule has 1 fully saturated rings. The predicted octanol–water partition coefficient (Wildman–Crippen LogP) is 5.12. The van der Waals surface area contributed by atoms with E-state index in [9.17, 15) is 17.6 Å². The highest BCUT2D eigenvalue weighted by Gasteiger charge is 2.58. The zero-order valence-corrected chi connectivity index (χ0v) is 25.6. The summed E-state index contributed by atoms with van der Waals surface area (Å²) in [6.45, 7) is 4.75. The number of carbonyl (C=O) groups excluding carboxylic acids is 1. The van der Waals surface area contributed by atoms with Crippen LogP contribution >= 0.6 is 0 Å². The fourth-order valence-corrected chi connectivity index (χ4v) is 6.90. The third kappa shape index (κ3) is 5.36. The fourth-order valence-electron chi connectivity index (χ4n) is 6.36. The molecule has 2 aromatic heterocycles. The third-order valence-electron chi connectivity index (χ3n) is 8.35. The lowest BCUT2D eigenvalue weighted by Gasteiger charge is -2.44. The van der Waals surface area contributed by atoms with Crippen molar-refractivity contribution < 1.29 is 26.7 Å². The Hall–Kier alpha value is -4.16. The largest absolute Gasteiger partial charge is 0.475 e. The molecule has 3 heterocycles. The molecule has 0 bridgehead atoms. The average Bonchev–Trinajstić information content (AvgIpc) is 3.16. The van der Waals surface area contributed by atoms with Crippen molar-refractivity contribution in [3.63, 3.8) is 0 Å². The lowest BCUT2D eigenvalue weighted by atomic mass is 9.57. The first kappa shape index (κ1) is 29.9. The van der Waals surface area contributed by atoms with Crippen LogP contribution in [0.25, 0.3) is 22.0 Å². The van der Waals surface area contributed by atoms with Gasteiger partial charge in [-0.1, -0.05) is 26.0 Å². The Morgan fingerprint density at radius 1 is 1.11 bits per heavy atom. The number of rotatable bonds is 9. The molecule has 230 valence electrons. The number of amides is 1. The van der Waals surface area contributed by atoms with Gasteiger partial charge in [0.15, 0.2) is 0 Å². The maximum absolute atomic E-state index is 15.7. The minimum atomic E-state index is -3.71. The van der Waals surface area contributed by atoms with Crippen LogP contribution in [0.3, 0.4) is 0 Å². The second-order valence-corrected chi connectivity index (χ2v) is 13.6. The van der Waals surface area contributed by atoms with Crippen molar-refractivity contribution in [3.8, 4) is 17.0 Å². The Labute approximate surface area is 254 Å². The molecule has 0 radical (unpaired) electrons. The van der Waals surface area contributed by atoms with Gasteiger partial charge in [0.25, 0.3) is 0 Å². The van der Waals surface area contributed by atoms with Crippen LogP contribution in [0.5, 0.6) is 5.88 Å². The van der Waals surface area contributed by atoms with E-state index in [4.69, 9.17) is 4.74 Å². The quantitative estimate of drug-likeness (QED) is 0.250. The molecule has 1 aliphatic heterocycles. The smallest absolute Gasteiger partial charge is 0.238 e. The van der Waals surface area contributed by atoms with Crippen molar-refractivity contribution in [1.29, 1.82) is 0 Å². The topological polar surface area (TPSA) is 114 Å². The molecule has 4 aromatic rings. The van der Waals surface area contributed by atoms with E-state index >= 15 is 4.39 Å². The van der Waals surface area contributed by atoms with E-state index < -0.39 is 21.3 Å². The number of anilines is 2. The first-order valence-corrected chi connectivity index (χ1v) is 16.3. The third-order valence-corrected chi connectivity index (χ3v) is 8.94. The van der Waals surface area contributed by atoms with E-state index in [1.807, 2.05) is 19.9 Å². The van der Waals surface area contributed by atoms with E-state index in [1.165, 1.54) is 30.5 Å². The Morgan fingerprint density at radius 3 is 2.59 bits per heavy atom. The van der Waals surface area contributed by atoms with Crippen LogP contribution in [0.15, 0.2) is 54.9 Å². The van der Waals surface area contributed by atoms with E-state index in [-0.39, 0.29) is 47.4 Å². The maximum Gasteiger partial charge on any atom is 0.238 e. The van der Waals surface area contributed by atoms with Crippen LogP contribution in [0.4, 0.5) is 20.2 Å². The summed E-state index contributed by atoms with van der Waals surface area (Å²) in [5.41, 5.74) is 2.36. The highest BCUT2D eigenvalue weighted by atomic mass is 32.2. The van der Waals surface area contributed by atoms with Gasteiger partial charge >= 0.3 is 0 Å². The lowest BCUT2D eigenvalue weighted by molar-refractivity contribution is -0.126. The number of carbonyl (C=O) groups is 1. The molecule has 2 aromatic carbocycles. The van der Waals surface area contributed by atoms with Crippen molar-refractivity contribution in [1.82, 2.24) is 15.3 Å². The Balaban J connectivity index is 1.41. The summed E-state index contributed by atoms with van der Waals surface area (Å²) in [5, 5.41) is 3.83. The van der Waals surface area contributed by atoms with E-state index in [2.05, 4.69) is 20.0 Å². The Morgan fingerprint density at radius 2 is 1.89 bits per heavy atom. The summed E-state index contributed by atoms with van der Waals surface area (Å²) in [6.07, 6.45) is 5.00. The van der Waals surface area contributed by atoms with Gasteiger partial charge in [0, 0.05) is 54.0 Å². The summed E-state index contributed by atoms with van der Waals surface area (Å²) in [6, 6.07) is 11.1. The van der Waals surface area contributed by atoms with Crippen LogP contribution in [-0.4, -0.2) is 56.8 Å². The molecule has 1 aliphatic carbocycles. The number of aromatic nitrogens is 2. The number of halogens is 2. The summed E-state index contributed by atoms with van der Waals surface area (Å²) < 4.78 is 62.1. The number of sulfonamides is 1. The van der Waals surface area contributed by atoms with Gasteiger partial charge in [0.1, 0.15) is 23.9 Å². The maximum atomic E-state index is 15.7. The zero-order valence-electron chi connectivity index (χ0n) is 24.8. The molecule has 44 heavy (non-hydrogen) atoms. The van der Waals surface area contributed by atoms with Crippen LogP contribution in [0.2, 0.25) is 0 Å². The van der Waals surface area contributed by atoms with Gasteiger partial charge in [-0.2, -0.15) is 0 Å². The molecule has 12 heteroatoms. The number of hydrogen-bond donors (Lipinski definition) is 2. The summed E-state index contributed by atoms with van der Waals surface area (Å²) in [5.74, 6) is -0.915. The second kappa shape index (κ2) is 11.1. The van der Waals surface area contributed by atoms with Crippen molar-refractivity contribution in [3.05, 3.63) is 77.6 Å². The highest BCUT2D eigenvalue weighted by molar-refractivity contribution is 7.92. The Bertz CT molecular complexity index is 1890. The number of pyridine rings is 2. The van der Waals surface area contributed by atoms with Gasteiger partial charge in [-0.05, 0) is 48.6 Å². The van der Waals surface area contributed by atoms with Crippen LogP contribution < -0.4 is 19.7 Å². The van der Waals surface area contributed by atoms with Crippen molar-refractivity contribution in [2.75, 3.05) is 36.1 Å². The van der Waals surface area contributed by atoms with Crippen LogP contribution in [-0.2, 0) is 20.2 Å². The van der Waals surface area contributed by atoms with Gasteiger partial charge in [0.05, 0.1) is 29.1 Å². The number of nitrogens with one attached hydrogen (secondary N) is 2. The van der Waals surface area contributed by atoms with Gasteiger partial charge in [-0.3, -0.25) is 14.5 Å². The van der Waals surface area contributed by atoms with Crippen molar-refractivity contribution in [2.45, 2.75) is 44.1 Å². The SMILES string of the molecule is CC(C)NCCOc1ncc(-c2cc3c(cc2F)ncc2c3[C@]3(C[C@@H](c4cccc(F)c4)C3)C(=O)N2C)cc1NS(C)(=O)=O. The number of fused-ring (bicyclic) bond motifs is 4. The normalized spacial score (nSPS) is 19.5. The van der Waals surface area contributed by atoms with Crippen molar-refractivity contribution in [2.24, 2.45) is 0 Å². The van der Waals surface area contributed by atoms with Gasteiger partial charge in [-0.15, -0.1) is 0 Å². The van der Waals surface area contributed by atoms with Gasteiger partial charge in [-0.25, -0.2) is 22.2 Å². The van der Waals surface area contributed by atoms with E-state index in [0.717, 1.165) is 17.4 Å². The molecular weight excluding hydrogens is 588 g/mol. The summed E-state index contributed by atoms with van der Waals surface area (Å²) in [7, 11) is -2.01. The standard InChI is InChI=1S/C32H33F2N5O4S/c1-18(2)35-8-9-43-30-27(38-44(4,41)42)11-20(16-37-30)23-12-24-26(13-25(23)34)36-17-28-29(24)32(31(40)39(28)3)14-21(15-32)19-6-5-7-22(33)10-19/h5-7,10-13,16-18,21,35,38H,8-9,14-15H2,1-4H3/t21-,32-. The molecular formula is C32H33F2N5O4S. The molecule has 1 saturated carbocycles. The van der Waals surface area contributed by atoms with Crippen LogP contribution in [0.1, 0.15) is 43.7 Å².